The van der Waals surface area contributed by atoms with Gasteiger partial charge in [-0.2, -0.15) is 5.10 Å². The van der Waals surface area contributed by atoms with E-state index in [-0.39, 0.29) is 18.3 Å². The Balaban J connectivity index is 1.93. The maximum absolute atomic E-state index is 11.4. The minimum absolute atomic E-state index is 0.0587. The molecule has 0 bridgehead atoms. The summed E-state index contributed by atoms with van der Waals surface area (Å²) in [6, 6.07) is 1.65. The summed E-state index contributed by atoms with van der Waals surface area (Å²) >= 11 is 0. The van der Waals surface area contributed by atoms with Crippen LogP contribution in [0.3, 0.4) is 0 Å². The molecular weight excluding hydrogens is 198 g/mol. The SMILES string of the molecule is Nc1cn(CC(=O)Nc2ccn[nH]2)nn1. The fraction of sp³-hybridized carbons (Fsp3) is 0.143. The second-order valence-corrected chi connectivity index (χ2v) is 2.86. The fourth-order valence-electron chi connectivity index (χ4n) is 1.05. The van der Waals surface area contributed by atoms with E-state index in [0.29, 0.717) is 5.82 Å². The standard InChI is InChI=1S/C7H9N7O/c8-5-3-14(13-11-5)4-7(15)10-6-1-2-9-12-6/h1-3H,4,8H2,(H2,9,10,12,15). The van der Waals surface area contributed by atoms with E-state index in [9.17, 15) is 4.79 Å². The largest absolute Gasteiger partial charge is 0.381 e. The van der Waals surface area contributed by atoms with E-state index < -0.39 is 0 Å². The zero-order valence-corrected chi connectivity index (χ0v) is 7.71. The van der Waals surface area contributed by atoms with Gasteiger partial charge in [0.25, 0.3) is 0 Å². The van der Waals surface area contributed by atoms with Gasteiger partial charge < -0.3 is 11.1 Å². The number of aromatic nitrogens is 5. The molecule has 0 aromatic carbocycles. The number of nitrogens with one attached hydrogen (secondary N) is 2. The van der Waals surface area contributed by atoms with Crippen molar-refractivity contribution in [2.45, 2.75) is 6.54 Å². The van der Waals surface area contributed by atoms with Gasteiger partial charge >= 0.3 is 0 Å². The topological polar surface area (TPSA) is 115 Å². The van der Waals surface area contributed by atoms with Crippen molar-refractivity contribution in [1.82, 2.24) is 25.2 Å². The zero-order valence-electron chi connectivity index (χ0n) is 7.71. The highest BCUT2D eigenvalue weighted by Gasteiger charge is 2.05. The first-order chi connectivity index (χ1) is 7.24. The molecule has 2 aromatic rings. The van der Waals surface area contributed by atoms with Gasteiger partial charge in [0.1, 0.15) is 12.4 Å². The maximum Gasteiger partial charge on any atom is 0.247 e. The number of nitrogens with zero attached hydrogens (tertiary/aromatic N) is 4. The molecule has 2 heterocycles. The van der Waals surface area contributed by atoms with Crippen LogP contribution in [-0.2, 0) is 11.3 Å². The Hall–Kier alpha value is -2.38. The van der Waals surface area contributed by atoms with E-state index in [1.807, 2.05) is 0 Å². The average Bonchev–Trinajstić information content (AvgIpc) is 2.77. The van der Waals surface area contributed by atoms with Crippen molar-refractivity contribution in [3.05, 3.63) is 18.5 Å². The molecule has 0 aliphatic carbocycles. The Morgan fingerprint density at radius 2 is 2.53 bits per heavy atom. The van der Waals surface area contributed by atoms with Crippen molar-refractivity contribution in [1.29, 1.82) is 0 Å². The number of hydrogen-bond acceptors (Lipinski definition) is 5. The van der Waals surface area contributed by atoms with Crippen LogP contribution in [0.4, 0.5) is 11.6 Å². The van der Waals surface area contributed by atoms with Crippen LogP contribution in [0.15, 0.2) is 18.5 Å². The molecule has 4 N–H and O–H groups in total. The third-order valence-electron chi connectivity index (χ3n) is 1.64. The lowest BCUT2D eigenvalue weighted by Gasteiger charge is -2.00. The molecule has 0 unspecified atom stereocenters. The van der Waals surface area contributed by atoms with Crippen molar-refractivity contribution < 1.29 is 4.79 Å². The molecule has 78 valence electrons. The Morgan fingerprint density at radius 1 is 1.67 bits per heavy atom. The van der Waals surface area contributed by atoms with Gasteiger partial charge in [-0.1, -0.05) is 5.21 Å². The number of aromatic amines is 1. The highest BCUT2D eigenvalue weighted by Crippen LogP contribution is 1.99. The summed E-state index contributed by atoms with van der Waals surface area (Å²) in [5, 5.41) is 16.1. The van der Waals surface area contributed by atoms with Crippen LogP contribution in [0.5, 0.6) is 0 Å². The van der Waals surface area contributed by atoms with Crippen molar-refractivity contribution >= 4 is 17.5 Å². The predicted molar refractivity (Wildman–Crippen MR) is 51.7 cm³/mol. The number of anilines is 2. The summed E-state index contributed by atoms with van der Waals surface area (Å²) < 4.78 is 1.35. The molecule has 0 aliphatic heterocycles. The Bertz CT molecular complexity index is 446. The molecule has 2 aromatic heterocycles. The van der Waals surface area contributed by atoms with Gasteiger partial charge in [-0.15, -0.1) is 5.10 Å². The number of hydrogen-bond donors (Lipinski definition) is 3. The second kappa shape index (κ2) is 3.78. The van der Waals surface area contributed by atoms with Gasteiger partial charge in [0.15, 0.2) is 5.82 Å². The lowest BCUT2D eigenvalue weighted by atomic mass is 10.5. The lowest BCUT2D eigenvalue weighted by molar-refractivity contribution is -0.116. The normalized spacial score (nSPS) is 10.1. The Morgan fingerprint density at radius 3 is 3.13 bits per heavy atom. The summed E-state index contributed by atoms with van der Waals surface area (Å²) in [7, 11) is 0. The molecule has 0 aliphatic rings. The van der Waals surface area contributed by atoms with Gasteiger partial charge in [0, 0.05) is 6.07 Å². The summed E-state index contributed by atoms with van der Waals surface area (Å²) in [5.74, 6) is 0.585. The number of amides is 1. The maximum atomic E-state index is 11.4. The quantitative estimate of drug-likeness (QED) is 0.610. The predicted octanol–water partition coefficient (Wildman–Crippen LogP) is -0.778. The van der Waals surface area contributed by atoms with Crippen LogP contribution >= 0.6 is 0 Å². The molecule has 0 saturated heterocycles. The van der Waals surface area contributed by atoms with Crippen LogP contribution in [-0.4, -0.2) is 31.1 Å². The van der Waals surface area contributed by atoms with E-state index in [1.54, 1.807) is 12.3 Å². The molecule has 0 spiro atoms. The molecule has 0 radical (unpaired) electrons. The van der Waals surface area contributed by atoms with Crippen molar-refractivity contribution in [3.63, 3.8) is 0 Å². The summed E-state index contributed by atoms with van der Waals surface area (Å²) in [6.45, 7) is 0.0587. The van der Waals surface area contributed by atoms with Gasteiger partial charge in [-0.3, -0.25) is 9.89 Å². The first kappa shape index (κ1) is 9.19. The third kappa shape index (κ3) is 2.30. The summed E-state index contributed by atoms with van der Waals surface area (Å²) in [4.78, 5) is 11.4. The molecule has 15 heavy (non-hydrogen) atoms. The molecule has 1 amide bonds. The zero-order chi connectivity index (χ0) is 10.7. The monoisotopic (exact) mass is 207 g/mol. The lowest BCUT2D eigenvalue weighted by Crippen LogP contribution is -2.19. The van der Waals surface area contributed by atoms with Gasteiger partial charge in [0.2, 0.25) is 5.91 Å². The van der Waals surface area contributed by atoms with Crippen LogP contribution in [0.25, 0.3) is 0 Å². The van der Waals surface area contributed by atoms with E-state index in [2.05, 4.69) is 25.8 Å². The highest BCUT2D eigenvalue weighted by molar-refractivity contribution is 5.89. The molecule has 8 nitrogen and oxygen atoms in total. The average molecular weight is 207 g/mol. The number of nitrogens with two attached hydrogens (primary N) is 1. The smallest absolute Gasteiger partial charge is 0.247 e. The van der Waals surface area contributed by atoms with Gasteiger partial charge in [-0.05, 0) is 0 Å². The Labute approximate surface area is 84.5 Å². The second-order valence-electron chi connectivity index (χ2n) is 2.86. The molecular formula is C7H9N7O. The molecule has 0 atom stereocenters. The van der Waals surface area contributed by atoms with Crippen LogP contribution in [0.2, 0.25) is 0 Å². The fourth-order valence-corrected chi connectivity index (χ4v) is 1.05. The molecule has 8 heteroatoms. The van der Waals surface area contributed by atoms with Gasteiger partial charge in [0.05, 0.1) is 12.4 Å². The van der Waals surface area contributed by atoms with E-state index in [1.165, 1.54) is 10.9 Å². The minimum atomic E-state index is -0.232. The van der Waals surface area contributed by atoms with Crippen molar-refractivity contribution in [2.24, 2.45) is 0 Å². The van der Waals surface area contributed by atoms with Crippen molar-refractivity contribution in [2.75, 3.05) is 11.1 Å². The minimum Gasteiger partial charge on any atom is -0.381 e. The van der Waals surface area contributed by atoms with E-state index in [0.717, 1.165) is 0 Å². The van der Waals surface area contributed by atoms with Gasteiger partial charge in [-0.25, -0.2) is 4.68 Å². The van der Waals surface area contributed by atoms with Crippen LogP contribution in [0.1, 0.15) is 0 Å². The van der Waals surface area contributed by atoms with Crippen LogP contribution < -0.4 is 11.1 Å². The van der Waals surface area contributed by atoms with E-state index >= 15 is 0 Å². The third-order valence-corrected chi connectivity index (χ3v) is 1.64. The number of nitrogen functional groups attached to an aromatic ring is 1. The van der Waals surface area contributed by atoms with Crippen LogP contribution in [0, 0.1) is 0 Å². The number of carbonyl (C=O) groups excluding carboxylic acids is 1. The molecule has 0 saturated carbocycles. The molecule has 0 fully saturated rings. The van der Waals surface area contributed by atoms with Crippen molar-refractivity contribution in [3.8, 4) is 0 Å². The summed E-state index contributed by atoms with van der Waals surface area (Å²) in [5.41, 5.74) is 5.35. The summed E-state index contributed by atoms with van der Waals surface area (Å²) in [6.07, 6.45) is 3.02. The first-order valence-electron chi connectivity index (χ1n) is 4.19. The molecule has 2 rings (SSSR count). The number of rotatable bonds is 3. The number of H-pyrrole nitrogens is 1. The van der Waals surface area contributed by atoms with E-state index in [4.69, 9.17) is 5.73 Å². The highest BCUT2D eigenvalue weighted by atomic mass is 16.2. The first-order valence-corrected chi connectivity index (χ1v) is 4.19. The number of carbonyl (C=O) groups is 1. The Kier molecular flexibility index (Phi) is 2.31.